The van der Waals surface area contributed by atoms with Crippen LogP contribution in [0.25, 0.3) is 0 Å². The first-order valence-corrected chi connectivity index (χ1v) is 9.32. The van der Waals surface area contributed by atoms with Crippen LogP contribution in [0, 0.1) is 0 Å². The topological polar surface area (TPSA) is 85.0 Å². The molecule has 0 saturated carbocycles. The zero-order valence-corrected chi connectivity index (χ0v) is 15.7. The van der Waals surface area contributed by atoms with Crippen LogP contribution in [0.3, 0.4) is 0 Å². The van der Waals surface area contributed by atoms with Gasteiger partial charge in [-0.15, -0.1) is 0 Å². The van der Waals surface area contributed by atoms with E-state index >= 15 is 0 Å². The fourth-order valence-electron chi connectivity index (χ4n) is 3.55. The molecule has 1 N–H and O–H groups in total. The molecular formula is C20H22N6O2. The summed E-state index contributed by atoms with van der Waals surface area (Å²) in [6.45, 7) is 3.99. The SMILES string of the molecule is CCn1nccc1C(=O)NCC1Cn2cccc2C(=O)N1Cc1cccnc1. The lowest BCUT2D eigenvalue weighted by molar-refractivity contribution is 0.0562. The van der Waals surface area contributed by atoms with E-state index in [0.717, 1.165) is 5.56 Å². The quantitative estimate of drug-likeness (QED) is 0.705. The summed E-state index contributed by atoms with van der Waals surface area (Å²) in [5, 5.41) is 7.10. The maximum atomic E-state index is 13.0. The summed E-state index contributed by atoms with van der Waals surface area (Å²) in [7, 11) is 0. The van der Waals surface area contributed by atoms with Crippen molar-refractivity contribution in [3.05, 3.63) is 72.1 Å². The van der Waals surface area contributed by atoms with Crippen LogP contribution in [0.5, 0.6) is 0 Å². The summed E-state index contributed by atoms with van der Waals surface area (Å²) in [4.78, 5) is 31.6. The average Bonchev–Trinajstić information content (AvgIpc) is 3.38. The van der Waals surface area contributed by atoms with E-state index < -0.39 is 0 Å². The lowest BCUT2D eigenvalue weighted by Crippen LogP contribution is -2.52. The number of carbonyl (C=O) groups excluding carboxylic acids is 2. The van der Waals surface area contributed by atoms with Gasteiger partial charge in [0.25, 0.3) is 11.8 Å². The highest BCUT2D eigenvalue weighted by Gasteiger charge is 2.32. The molecule has 0 bridgehead atoms. The number of nitrogens with zero attached hydrogens (tertiary/aromatic N) is 5. The van der Waals surface area contributed by atoms with Gasteiger partial charge in [-0.25, -0.2) is 0 Å². The van der Waals surface area contributed by atoms with E-state index in [1.807, 2.05) is 46.9 Å². The molecule has 28 heavy (non-hydrogen) atoms. The maximum absolute atomic E-state index is 13.0. The van der Waals surface area contributed by atoms with Crippen LogP contribution < -0.4 is 5.32 Å². The molecule has 2 amide bonds. The Labute approximate surface area is 162 Å². The zero-order valence-electron chi connectivity index (χ0n) is 15.7. The second-order valence-corrected chi connectivity index (χ2v) is 6.74. The summed E-state index contributed by atoms with van der Waals surface area (Å²) in [5.74, 6) is -0.232. The largest absolute Gasteiger partial charge is 0.349 e. The van der Waals surface area contributed by atoms with Crippen molar-refractivity contribution in [3.63, 3.8) is 0 Å². The van der Waals surface area contributed by atoms with Crippen molar-refractivity contribution in [2.75, 3.05) is 6.54 Å². The molecule has 0 aliphatic carbocycles. The smallest absolute Gasteiger partial charge is 0.271 e. The van der Waals surface area contributed by atoms with Crippen LogP contribution in [-0.2, 0) is 19.6 Å². The first kappa shape index (κ1) is 18.0. The van der Waals surface area contributed by atoms with Crippen molar-refractivity contribution in [2.45, 2.75) is 32.6 Å². The van der Waals surface area contributed by atoms with Gasteiger partial charge in [-0.05, 0) is 36.8 Å². The third kappa shape index (κ3) is 3.40. The highest BCUT2D eigenvalue weighted by molar-refractivity contribution is 5.94. The predicted molar refractivity (Wildman–Crippen MR) is 103 cm³/mol. The first-order chi connectivity index (χ1) is 13.7. The van der Waals surface area contributed by atoms with Crippen molar-refractivity contribution < 1.29 is 9.59 Å². The first-order valence-electron chi connectivity index (χ1n) is 9.32. The number of rotatable bonds is 6. The maximum Gasteiger partial charge on any atom is 0.271 e. The number of hydrogen-bond acceptors (Lipinski definition) is 4. The van der Waals surface area contributed by atoms with E-state index in [9.17, 15) is 9.59 Å². The number of hydrogen-bond donors (Lipinski definition) is 1. The van der Waals surface area contributed by atoms with E-state index in [0.29, 0.717) is 37.6 Å². The van der Waals surface area contributed by atoms with Gasteiger partial charge in [0.05, 0.1) is 6.04 Å². The zero-order chi connectivity index (χ0) is 19.5. The third-order valence-corrected chi connectivity index (χ3v) is 4.98. The third-order valence-electron chi connectivity index (χ3n) is 4.98. The molecule has 0 spiro atoms. The molecule has 144 valence electrons. The van der Waals surface area contributed by atoms with Crippen molar-refractivity contribution in [3.8, 4) is 0 Å². The van der Waals surface area contributed by atoms with Gasteiger partial charge in [0.15, 0.2) is 0 Å². The molecule has 1 unspecified atom stereocenters. The number of aryl methyl sites for hydroxylation is 1. The second kappa shape index (κ2) is 7.67. The molecular weight excluding hydrogens is 356 g/mol. The van der Waals surface area contributed by atoms with Gasteiger partial charge in [-0.1, -0.05) is 6.07 Å². The molecule has 4 heterocycles. The van der Waals surface area contributed by atoms with Crippen LogP contribution in [0.2, 0.25) is 0 Å². The molecule has 4 rings (SSSR count). The van der Waals surface area contributed by atoms with Gasteiger partial charge < -0.3 is 14.8 Å². The van der Waals surface area contributed by atoms with Crippen LogP contribution in [0.15, 0.2) is 55.1 Å². The summed E-state index contributed by atoms with van der Waals surface area (Å²) in [6, 6.07) is 9.04. The summed E-state index contributed by atoms with van der Waals surface area (Å²) < 4.78 is 3.59. The summed E-state index contributed by atoms with van der Waals surface area (Å²) in [6.07, 6.45) is 6.98. The van der Waals surface area contributed by atoms with Gasteiger partial charge in [0.1, 0.15) is 11.4 Å². The summed E-state index contributed by atoms with van der Waals surface area (Å²) >= 11 is 0. The number of carbonyl (C=O) groups is 2. The van der Waals surface area contributed by atoms with Gasteiger partial charge >= 0.3 is 0 Å². The van der Waals surface area contributed by atoms with Crippen molar-refractivity contribution in [1.82, 2.24) is 29.5 Å². The van der Waals surface area contributed by atoms with Crippen molar-refractivity contribution in [1.29, 1.82) is 0 Å². The minimum absolute atomic E-state index is 0.0436. The molecule has 1 aliphatic rings. The van der Waals surface area contributed by atoms with Crippen LogP contribution in [-0.4, -0.2) is 48.6 Å². The lowest BCUT2D eigenvalue weighted by Gasteiger charge is -2.36. The van der Waals surface area contributed by atoms with Gasteiger partial charge in [-0.3, -0.25) is 19.3 Å². The number of fused-ring (bicyclic) bond motifs is 1. The Morgan fingerprint density at radius 1 is 1.25 bits per heavy atom. The molecule has 3 aromatic rings. The average molecular weight is 378 g/mol. The van der Waals surface area contributed by atoms with E-state index in [1.165, 1.54) is 0 Å². The van der Waals surface area contributed by atoms with E-state index in [2.05, 4.69) is 15.4 Å². The Bertz CT molecular complexity index is 978. The molecule has 8 heteroatoms. The summed E-state index contributed by atoms with van der Waals surface area (Å²) in [5.41, 5.74) is 2.14. The fraction of sp³-hybridized carbons (Fsp3) is 0.300. The normalized spacial score (nSPS) is 16.1. The van der Waals surface area contributed by atoms with Crippen molar-refractivity contribution in [2.24, 2.45) is 0 Å². The predicted octanol–water partition coefficient (Wildman–Crippen LogP) is 1.55. The molecule has 0 saturated heterocycles. The molecule has 1 atom stereocenters. The van der Waals surface area contributed by atoms with Gasteiger partial charge in [0.2, 0.25) is 0 Å². The molecule has 8 nitrogen and oxygen atoms in total. The van der Waals surface area contributed by atoms with Gasteiger partial charge in [0, 0.05) is 51.0 Å². The highest BCUT2D eigenvalue weighted by atomic mass is 16.2. The molecule has 3 aromatic heterocycles. The van der Waals surface area contributed by atoms with E-state index in [1.54, 1.807) is 29.3 Å². The molecule has 0 aromatic carbocycles. The second-order valence-electron chi connectivity index (χ2n) is 6.74. The van der Waals surface area contributed by atoms with Crippen LogP contribution in [0.4, 0.5) is 0 Å². The Hall–Kier alpha value is -3.42. The fourth-order valence-corrected chi connectivity index (χ4v) is 3.55. The minimum Gasteiger partial charge on any atom is -0.349 e. The Balaban J connectivity index is 1.53. The Morgan fingerprint density at radius 3 is 2.93 bits per heavy atom. The molecule has 0 fully saturated rings. The Morgan fingerprint density at radius 2 is 2.14 bits per heavy atom. The molecule has 1 aliphatic heterocycles. The highest BCUT2D eigenvalue weighted by Crippen LogP contribution is 2.20. The number of aromatic nitrogens is 4. The lowest BCUT2D eigenvalue weighted by atomic mass is 10.1. The number of pyridine rings is 1. The standard InChI is InChI=1S/C20H22N6O2/c1-2-26-17(7-9-23-26)19(27)22-12-16-14-24-10-4-6-18(24)20(28)25(16)13-15-5-3-8-21-11-15/h3-11,16H,2,12-14H2,1H3,(H,22,27). The van der Waals surface area contributed by atoms with Gasteiger partial charge in [-0.2, -0.15) is 5.10 Å². The van der Waals surface area contributed by atoms with Crippen LogP contribution >= 0.6 is 0 Å². The van der Waals surface area contributed by atoms with Crippen LogP contribution in [0.1, 0.15) is 33.5 Å². The Kier molecular flexibility index (Phi) is 4.92. The monoisotopic (exact) mass is 378 g/mol. The molecule has 0 radical (unpaired) electrons. The number of nitrogens with one attached hydrogen (secondary N) is 1. The van der Waals surface area contributed by atoms with E-state index in [4.69, 9.17) is 0 Å². The number of amides is 2. The van der Waals surface area contributed by atoms with Crippen molar-refractivity contribution >= 4 is 11.8 Å². The minimum atomic E-state index is -0.188. The van der Waals surface area contributed by atoms with E-state index in [-0.39, 0.29) is 17.9 Å².